The summed E-state index contributed by atoms with van der Waals surface area (Å²) in [5.41, 5.74) is 8.66. The van der Waals surface area contributed by atoms with Crippen LogP contribution in [0.25, 0.3) is 10.9 Å². The van der Waals surface area contributed by atoms with Crippen LogP contribution in [0.1, 0.15) is 57.7 Å². The van der Waals surface area contributed by atoms with Gasteiger partial charge in [-0.2, -0.15) is 0 Å². The molecule has 2 heterocycles. The molecule has 5 rings (SSSR count). The van der Waals surface area contributed by atoms with Gasteiger partial charge in [0.15, 0.2) is 0 Å². The van der Waals surface area contributed by atoms with Gasteiger partial charge in [0, 0.05) is 41.4 Å². The van der Waals surface area contributed by atoms with Crippen LogP contribution in [0.3, 0.4) is 0 Å². The molecule has 3 amide bonds. The second-order valence-electron chi connectivity index (χ2n) is 12.2. The number of nitrogens with one attached hydrogen (secondary N) is 2. The number of hydrogen-bond acceptors (Lipinski definition) is 5. The summed E-state index contributed by atoms with van der Waals surface area (Å²) in [6, 6.07) is 27.4. The molecule has 9 nitrogen and oxygen atoms in total. The van der Waals surface area contributed by atoms with Crippen LogP contribution in [0, 0.1) is 0 Å². The minimum atomic E-state index is -0.853. The maximum atomic E-state index is 13.5. The number of anilines is 1. The van der Waals surface area contributed by atoms with E-state index in [-0.39, 0.29) is 23.9 Å². The fourth-order valence-corrected chi connectivity index (χ4v) is 5.40. The number of benzene rings is 3. The molecule has 1 aliphatic heterocycles. The third kappa shape index (κ3) is 9.03. The molecule has 1 aliphatic rings. The van der Waals surface area contributed by atoms with E-state index in [4.69, 9.17) is 10.5 Å². The number of nitrogens with zero attached hydrogens (tertiary/aromatic N) is 2. The van der Waals surface area contributed by atoms with Gasteiger partial charge in [-0.15, -0.1) is 0 Å². The molecule has 0 bridgehead atoms. The largest absolute Gasteiger partial charge is 0.375 e. The van der Waals surface area contributed by atoms with Crippen molar-refractivity contribution in [2.75, 3.05) is 18.5 Å². The molecule has 0 saturated carbocycles. The number of rotatable bonds is 11. The van der Waals surface area contributed by atoms with Crippen LogP contribution in [0.4, 0.5) is 5.69 Å². The highest BCUT2D eigenvalue weighted by Gasteiger charge is 2.33. The molecule has 0 aliphatic carbocycles. The number of aromatic nitrogens is 1. The predicted octanol–water partition coefficient (Wildman–Crippen LogP) is 5.26. The highest BCUT2D eigenvalue weighted by atomic mass is 16.5. The average Bonchev–Trinajstić information content (AvgIpc) is 3.64. The molecule has 1 unspecified atom stereocenters. The molecule has 45 heavy (non-hydrogen) atoms. The minimum absolute atomic E-state index is 0.0518. The fourth-order valence-electron chi connectivity index (χ4n) is 5.40. The van der Waals surface area contributed by atoms with E-state index in [1.54, 1.807) is 13.8 Å². The SMILES string of the molecule is C[C@@H](COCc1ccccc1)NC(=O)C(C)(C)N.C[C@@H]1CCCN1C(=O)C(c1ccccc1)n1ccc2cc(NC=O)ccc21. The first-order valence-corrected chi connectivity index (χ1v) is 15.5. The zero-order chi connectivity index (χ0) is 32.4. The molecule has 0 radical (unpaired) electrons. The van der Waals surface area contributed by atoms with Gasteiger partial charge in [-0.1, -0.05) is 60.7 Å². The van der Waals surface area contributed by atoms with Crippen molar-refractivity contribution in [3.05, 3.63) is 102 Å². The number of carbonyl (C=O) groups excluding carboxylic acids is 3. The summed E-state index contributed by atoms with van der Waals surface area (Å²) in [6.45, 7) is 9.21. The molecule has 1 saturated heterocycles. The van der Waals surface area contributed by atoms with Crippen LogP contribution < -0.4 is 16.4 Å². The van der Waals surface area contributed by atoms with Gasteiger partial charge in [-0.25, -0.2) is 0 Å². The van der Waals surface area contributed by atoms with Crippen molar-refractivity contribution in [2.24, 2.45) is 5.73 Å². The Kier molecular flexibility index (Phi) is 11.5. The Bertz CT molecular complexity index is 1550. The van der Waals surface area contributed by atoms with Gasteiger partial charge in [0.25, 0.3) is 5.91 Å². The number of nitrogens with two attached hydrogens (primary N) is 1. The van der Waals surface area contributed by atoms with E-state index in [1.165, 1.54) is 0 Å². The lowest BCUT2D eigenvalue weighted by Gasteiger charge is -2.28. The summed E-state index contributed by atoms with van der Waals surface area (Å²) >= 11 is 0. The average molecular weight is 612 g/mol. The molecule has 9 heteroatoms. The maximum absolute atomic E-state index is 13.5. The van der Waals surface area contributed by atoms with Gasteiger partial charge in [0.05, 0.1) is 18.8 Å². The summed E-state index contributed by atoms with van der Waals surface area (Å²) in [5.74, 6) is -0.0305. The minimum Gasteiger partial charge on any atom is -0.375 e. The van der Waals surface area contributed by atoms with E-state index in [2.05, 4.69) is 17.6 Å². The van der Waals surface area contributed by atoms with Crippen LogP contribution in [0.2, 0.25) is 0 Å². The van der Waals surface area contributed by atoms with Crippen molar-refractivity contribution in [2.45, 2.75) is 70.8 Å². The molecule has 0 spiro atoms. The van der Waals surface area contributed by atoms with Crippen LogP contribution >= 0.6 is 0 Å². The molecule has 238 valence electrons. The Morgan fingerprint density at radius 1 is 1.04 bits per heavy atom. The molecule has 4 N–H and O–H groups in total. The highest BCUT2D eigenvalue weighted by molar-refractivity contribution is 5.90. The topological polar surface area (TPSA) is 119 Å². The molecule has 1 fully saturated rings. The van der Waals surface area contributed by atoms with Gasteiger partial charge < -0.3 is 30.6 Å². The van der Waals surface area contributed by atoms with Crippen molar-refractivity contribution >= 4 is 34.8 Å². The Morgan fingerprint density at radius 2 is 1.73 bits per heavy atom. The van der Waals surface area contributed by atoms with Gasteiger partial charge in [0.1, 0.15) is 6.04 Å². The lowest BCUT2D eigenvalue weighted by atomic mass is 10.0. The van der Waals surface area contributed by atoms with Gasteiger partial charge in [-0.05, 0) is 75.9 Å². The standard InChI is InChI=1S/C22H23N3O2.C14H22N2O2/c1-16-6-5-12-24(16)22(27)21(17-7-3-2-4-8-17)25-13-11-18-14-19(23-15-26)9-10-20(18)25;1-11(16-13(17)14(2,3)15)9-18-10-12-7-5-4-6-8-12/h2-4,7-11,13-16,21H,5-6,12H2,1H3,(H,23,26);4-8,11H,9-10,15H2,1-3H3,(H,16,17)/t16-,21?;11-/m10/s1. The lowest BCUT2D eigenvalue weighted by molar-refractivity contribution is -0.134. The van der Waals surface area contributed by atoms with Crippen LogP contribution in [0.15, 0.2) is 91.1 Å². The molecule has 1 aromatic heterocycles. The number of carbonyl (C=O) groups is 3. The molecule has 3 atom stereocenters. The van der Waals surface area contributed by atoms with Gasteiger partial charge >= 0.3 is 0 Å². The Hall–Kier alpha value is -4.47. The summed E-state index contributed by atoms with van der Waals surface area (Å²) < 4.78 is 7.58. The summed E-state index contributed by atoms with van der Waals surface area (Å²) in [5, 5.41) is 6.49. The predicted molar refractivity (Wildman–Crippen MR) is 179 cm³/mol. The maximum Gasteiger partial charge on any atom is 0.250 e. The van der Waals surface area contributed by atoms with Crippen LogP contribution in [0.5, 0.6) is 0 Å². The number of ether oxygens (including phenoxy) is 1. The van der Waals surface area contributed by atoms with Crippen LogP contribution in [-0.2, 0) is 25.7 Å². The molecular formula is C36H45N5O4. The zero-order valence-electron chi connectivity index (χ0n) is 26.6. The van der Waals surface area contributed by atoms with Crippen LogP contribution in [-0.4, -0.2) is 58.5 Å². The summed E-state index contributed by atoms with van der Waals surface area (Å²) in [4.78, 5) is 37.8. The van der Waals surface area contributed by atoms with Crippen molar-refractivity contribution in [1.29, 1.82) is 0 Å². The van der Waals surface area contributed by atoms with Crippen molar-refractivity contribution in [3.63, 3.8) is 0 Å². The van der Waals surface area contributed by atoms with Crippen molar-refractivity contribution in [1.82, 2.24) is 14.8 Å². The number of likely N-dealkylation sites (tertiary alicyclic amines) is 1. The smallest absolute Gasteiger partial charge is 0.250 e. The first-order chi connectivity index (χ1) is 21.6. The molecular weight excluding hydrogens is 566 g/mol. The normalized spacial score (nSPS) is 15.9. The second-order valence-corrected chi connectivity index (χ2v) is 12.2. The van der Waals surface area contributed by atoms with Gasteiger partial charge in [-0.3, -0.25) is 14.4 Å². The first kappa shape index (κ1) is 33.4. The van der Waals surface area contributed by atoms with Crippen molar-refractivity contribution in [3.8, 4) is 0 Å². The van der Waals surface area contributed by atoms with E-state index in [0.29, 0.717) is 19.6 Å². The summed E-state index contributed by atoms with van der Waals surface area (Å²) in [7, 11) is 0. The van der Waals surface area contributed by atoms with E-state index in [1.807, 2.05) is 108 Å². The van der Waals surface area contributed by atoms with Crippen molar-refractivity contribution < 1.29 is 19.1 Å². The number of hydrogen-bond donors (Lipinski definition) is 3. The number of amides is 3. The molecule has 4 aromatic rings. The monoisotopic (exact) mass is 611 g/mol. The Labute approximate surface area is 265 Å². The highest BCUT2D eigenvalue weighted by Crippen LogP contribution is 2.31. The second kappa shape index (κ2) is 15.5. The van der Waals surface area contributed by atoms with E-state index >= 15 is 0 Å². The lowest BCUT2D eigenvalue weighted by Crippen LogP contribution is -2.52. The van der Waals surface area contributed by atoms with E-state index in [9.17, 15) is 14.4 Å². The molecule has 3 aromatic carbocycles. The van der Waals surface area contributed by atoms with E-state index in [0.717, 1.165) is 47.1 Å². The third-order valence-corrected chi connectivity index (χ3v) is 7.85. The number of fused-ring (bicyclic) bond motifs is 1. The van der Waals surface area contributed by atoms with Gasteiger partial charge in [0.2, 0.25) is 12.3 Å². The fraction of sp³-hybridized carbons (Fsp3) is 0.361. The summed E-state index contributed by atoms with van der Waals surface area (Å²) in [6.07, 6.45) is 4.75. The zero-order valence-corrected chi connectivity index (χ0v) is 26.6. The Morgan fingerprint density at radius 3 is 2.36 bits per heavy atom. The third-order valence-electron chi connectivity index (χ3n) is 7.85. The first-order valence-electron chi connectivity index (χ1n) is 15.5. The van der Waals surface area contributed by atoms with E-state index < -0.39 is 11.6 Å². The quantitative estimate of drug-likeness (QED) is 0.200. The Balaban J connectivity index is 0.000000224.